The molecule has 0 unspecified atom stereocenters. The molecule has 3 aromatic rings. The SMILES string of the molecule is O=C1N[C@H]2CCCN(C(=O)c3cnn4cccnc34)[C@H]2C/C=C/CCOc2ccccc21. The van der Waals surface area contributed by atoms with Gasteiger partial charge >= 0.3 is 0 Å². The Kier molecular flexibility index (Phi) is 5.58. The molecule has 8 heteroatoms. The fraction of sp³-hybridized carbons (Fsp3) is 0.333. The van der Waals surface area contributed by atoms with Gasteiger partial charge in [-0.1, -0.05) is 24.3 Å². The fourth-order valence-corrected chi connectivity index (χ4v) is 4.52. The van der Waals surface area contributed by atoms with Gasteiger partial charge in [0.1, 0.15) is 11.3 Å². The van der Waals surface area contributed by atoms with E-state index in [4.69, 9.17) is 4.74 Å². The summed E-state index contributed by atoms with van der Waals surface area (Å²) < 4.78 is 7.43. The van der Waals surface area contributed by atoms with Gasteiger partial charge in [-0.3, -0.25) is 9.59 Å². The molecule has 0 saturated carbocycles. The second-order valence-electron chi connectivity index (χ2n) is 8.07. The Morgan fingerprint density at radius 2 is 2.09 bits per heavy atom. The van der Waals surface area contributed by atoms with Crippen LogP contribution in [0, 0.1) is 0 Å². The van der Waals surface area contributed by atoms with Crippen LogP contribution >= 0.6 is 0 Å². The fourth-order valence-electron chi connectivity index (χ4n) is 4.52. The summed E-state index contributed by atoms with van der Waals surface area (Å²) in [5.41, 5.74) is 1.54. The van der Waals surface area contributed by atoms with Crippen LogP contribution in [0.2, 0.25) is 0 Å². The molecule has 2 atom stereocenters. The van der Waals surface area contributed by atoms with Gasteiger partial charge in [0.15, 0.2) is 5.65 Å². The first-order chi connectivity index (χ1) is 15.7. The summed E-state index contributed by atoms with van der Waals surface area (Å²) in [6.45, 7) is 1.12. The second-order valence-corrected chi connectivity index (χ2v) is 8.07. The van der Waals surface area contributed by atoms with Crippen LogP contribution < -0.4 is 10.1 Å². The lowest BCUT2D eigenvalue weighted by Gasteiger charge is -2.41. The highest BCUT2D eigenvalue weighted by Crippen LogP contribution is 2.26. The lowest BCUT2D eigenvalue weighted by atomic mass is 9.92. The first kappa shape index (κ1) is 20.2. The molecule has 1 saturated heterocycles. The molecule has 1 aromatic carbocycles. The van der Waals surface area contributed by atoms with Gasteiger partial charge in [0.25, 0.3) is 11.8 Å². The third kappa shape index (κ3) is 3.84. The van der Waals surface area contributed by atoms with Gasteiger partial charge in [-0.05, 0) is 43.9 Å². The maximum absolute atomic E-state index is 13.6. The highest BCUT2D eigenvalue weighted by Gasteiger charge is 2.36. The zero-order chi connectivity index (χ0) is 21.9. The molecule has 2 aliphatic heterocycles. The van der Waals surface area contributed by atoms with Crippen LogP contribution in [-0.4, -0.2) is 56.5 Å². The Morgan fingerprint density at radius 3 is 3.03 bits per heavy atom. The van der Waals surface area contributed by atoms with Gasteiger partial charge in [-0.25, -0.2) is 9.50 Å². The number of piperidine rings is 1. The zero-order valence-electron chi connectivity index (χ0n) is 17.7. The third-order valence-corrected chi connectivity index (χ3v) is 6.08. The summed E-state index contributed by atoms with van der Waals surface area (Å²) in [5, 5.41) is 7.45. The number of carbonyl (C=O) groups excluding carboxylic acids is 2. The maximum atomic E-state index is 13.6. The van der Waals surface area contributed by atoms with Crippen LogP contribution in [0.25, 0.3) is 5.65 Å². The molecule has 2 aliphatic rings. The molecule has 0 aliphatic carbocycles. The first-order valence-electron chi connectivity index (χ1n) is 11.0. The molecule has 2 amide bonds. The van der Waals surface area contributed by atoms with E-state index in [1.807, 2.05) is 23.1 Å². The number of aromatic nitrogens is 3. The normalized spacial score (nSPS) is 22.5. The third-order valence-electron chi connectivity index (χ3n) is 6.08. The Morgan fingerprint density at radius 1 is 1.19 bits per heavy atom. The Bertz CT molecular complexity index is 1170. The number of nitrogens with one attached hydrogen (secondary N) is 1. The van der Waals surface area contributed by atoms with Crippen molar-refractivity contribution in [2.24, 2.45) is 0 Å². The number of hydrogen-bond acceptors (Lipinski definition) is 5. The summed E-state index contributed by atoms with van der Waals surface area (Å²) in [6, 6.07) is 8.76. The molecule has 32 heavy (non-hydrogen) atoms. The zero-order valence-corrected chi connectivity index (χ0v) is 17.7. The summed E-state index contributed by atoms with van der Waals surface area (Å²) in [5.74, 6) is 0.302. The van der Waals surface area contributed by atoms with Crippen molar-refractivity contribution in [1.82, 2.24) is 24.8 Å². The Balaban J connectivity index is 1.46. The van der Waals surface area contributed by atoms with Crippen LogP contribution in [0.5, 0.6) is 5.75 Å². The Labute approximate surface area is 185 Å². The van der Waals surface area contributed by atoms with Crippen LogP contribution in [0.1, 0.15) is 46.4 Å². The van der Waals surface area contributed by atoms with Crippen LogP contribution in [0.3, 0.4) is 0 Å². The van der Waals surface area contributed by atoms with Crippen molar-refractivity contribution >= 4 is 17.5 Å². The molecule has 164 valence electrons. The van der Waals surface area contributed by atoms with Crippen molar-refractivity contribution in [2.75, 3.05) is 13.2 Å². The van der Waals surface area contributed by atoms with Crippen molar-refractivity contribution in [3.63, 3.8) is 0 Å². The first-order valence-corrected chi connectivity index (χ1v) is 11.0. The highest BCUT2D eigenvalue weighted by molar-refractivity contribution is 6.00. The van der Waals surface area contributed by atoms with Gasteiger partial charge in [-0.15, -0.1) is 0 Å². The molecular weight excluding hydrogens is 406 g/mol. The molecular formula is C24H25N5O3. The van der Waals surface area contributed by atoms with E-state index in [0.29, 0.717) is 42.1 Å². The summed E-state index contributed by atoms with van der Waals surface area (Å²) in [4.78, 5) is 32.9. The van der Waals surface area contributed by atoms with E-state index in [2.05, 4.69) is 27.6 Å². The molecule has 5 rings (SSSR count). The number of carbonyl (C=O) groups is 2. The maximum Gasteiger partial charge on any atom is 0.259 e. The number of amides is 2. The smallest absolute Gasteiger partial charge is 0.259 e. The molecule has 1 N–H and O–H groups in total. The number of benzene rings is 1. The minimum atomic E-state index is -0.174. The van der Waals surface area contributed by atoms with Gasteiger partial charge < -0.3 is 15.0 Å². The van der Waals surface area contributed by atoms with Crippen molar-refractivity contribution < 1.29 is 14.3 Å². The van der Waals surface area contributed by atoms with Crippen molar-refractivity contribution in [3.05, 3.63) is 72.2 Å². The Hall–Kier alpha value is -3.68. The number of nitrogens with zero attached hydrogens (tertiary/aromatic N) is 4. The average Bonchev–Trinajstić information content (AvgIpc) is 3.25. The standard InChI is InChI=1S/C24H25N5O3/c30-23-17-8-3-4-11-21(17)32-15-5-1-2-10-20-19(27-23)9-6-13-28(20)24(31)18-16-26-29-14-7-12-25-22(18)29/h1-4,7-8,11-12,14,16,19-20H,5-6,9-10,13,15H2,(H,27,30)/b2-1+/t19-,20-/m0/s1. The molecule has 1 fully saturated rings. The summed E-state index contributed by atoms with van der Waals surface area (Å²) in [7, 11) is 0. The van der Waals surface area contributed by atoms with E-state index in [0.717, 1.165) is 19.3 Å². The van der Waals surface area contributed by atoms with E-state index in [-0.39, 0.29) is 23.9 Å². The highest BCUT2D eigenvalue weighted by atomic mass is 16.5. The monoisotopic (exact) mass is 431 g/mol. The lowest BCUT2D eigenvalue weighted by Crippen LogP contribution is -2.57. The molecule has 0 spiro atoms. The predicted molar refractivity (Wildman–Crippen MR) is 119 cm³/mol. The van der Waals surface area contributed by atoms with E-state index < -0.39 is 0 Å². The molecule has 2 aromatic heterocycles. The topological polar surface area (TPSA) is 88.8 Å². The van der Waals surface area contributed by atoms with Crippen LogP contribution in [0.15, 0.2) is 61.1 Å². The number of ether oxygens (including phenoxy) is 1. The summed E-state index contributed by atoms with van der Waals surface area (Å²) >= 11 is 0. The second kappa shape index (κ2) is 8.82. The molecule has 4 heterocycles. The van der Waals surface area contributed by atoms with Crippen LogP contribution in [0.4, 0.5) is 0 Å². The number of fused-ring (bicyclic) bond motifs is 3. The van der Waals surface area contributed by atoms with Crippen molar-refractivity contribution in [1.29, 1.82) is 0 Å². The molecule has 8 nitrogen and oxygen atoms in total. The molecule has 0 bridgehead atoms. The number of para-hydroxylation sites is 1. The van der Waals surface area contributed by atoms with E-state index in [1.165, 1.54) is 0 Å². The minimum Gasteiger partial charge on any atom is -0.492 e. The van der Waals surface area contributed by atoms with Gasteiger partial charge in [-0.2, -0.15) is 5.10 Å². The van der Waals surface area contributed by atoms with E-state index in [1.54, 1.807) is 35.2 Å². The number of rotatable bonds is 1. The minimum absolute atomic E-state index is 0.105. The van der Waals surface area contributed by atoms with E-state index >= 15 is 0 Å². The quantitative estimate of drug-likeness (QED) is 0.599. The van der Waals surface area contributed by atoms with Crippen molar-refractivity contribution in [3.8, 4) is 5.75 Å². The van der Waals surface area contributed by atoms with Gasteiger partial charge in [0, 0.05) is 25.0 Å². The van der Waals surface area contributed by atoms with Crippen LogP contribution in [-0.2, 0) is 0 Å². The van der Waals surface area contributed by atoms with Gasteiger partial charge in [0.2, 0.25) is 0 Å². The van der Waals surface area contributed by atoms with Crippen molar-refractivity contribution in [2.45, 2.75) is 37.8 Å². The van der Waals surface area contributed by atoms with E-state index in [9.17, 15) is 9.59 Å². The number of likely N-dealkylation sites (tertiary alicyclic amines) is 1. The predicted octanol–water partition coefficient (Wildman–Crippen LogP) is 2.86. The molecule has 0 radical (unpaired) electrons. The largest absolute Gasteiger partial charge is 0.492 e. The lowest BCUT2D eigenvalue weighted by molar-refractivity contribution is 0.0532. The van der Waals surface area contributed by atoms with Gasteiger partial charge in [0.05, 0.1) is 24.4 Å². The average molecular weight is 431 g/mol. The summed E-state index contributed by atoms with van der Waals surface area (Å²) in [6.07, 6.45) is 12.2. The number of hydrogen-bond donors (Lipinski definition) is 1.